The van der Waals surface area contributed by atoms with Crippen molar-refractivity contribution in [1.82, 2.24) is 9.80 Å². The smallest absolute Gasteiger partial charge is 0.334 e. The van der Waals surface area contributed by atoms with E-state index in [9.17, 15) is 9.59 Å². The van der Waals surface area contributed by atoms with Crippen LogP contribution in [0.25, 0.3) is 0 Å². The fraction of sp³-hybridized carbons (Fsp3) is 0.625. The molecule has 6 heteroatoms. The van der Waals surface area contributed by atoms with E-state index in [1.807, 2.05) is 6.92 Å². The molecule has 1 fully saturated rings. The first-order valence-corrected chi connectivity index (χ1v) is 7.46. The molecule has 124 valence electrons. The average molecular weight is 310 g/mol. The highest BCUT2D eigenvalue weighted by atomic mass is 16.6. The van der Waals surface area contributed by atoms with E-state index in [0.29, 0.717) is 24.3 Å². The van der Waals surface area contributed by atoms with E-state index < -0.39 is 0 Å². The van der Waals surface area contributed by atoms with Crippen LogP contribution in [0.2, 0.25) is 0 Å². The predicted octanol–water partition coefficient (Wildman–Crippen LogP) is 1.19. The Morgan fingerprint density at radius 3 is 2.09 bits per heavy atom. The number of esters is 2. The third-order valence-electron chi connectivity index (χ3n) is 3.54. The van der Waals surface area contributed by atoms with Crippen molar-refractivity contribution in [2.75, 3.05) is 39.3 Å². The Kier molecular flexibility index (Phi) is 7.27. The van der Waals surface area contributed by atoms with Gasteiger partial charge in [-0.05, 0) is 20.8 Å². The minimum absolute atomic E-state index is 0.257. The lowest BCUT2D eigenvalue weighted by Crippen LogP contribution is -2.51. The molecular weight excluding hydrogens is 284 g/mol. The Bertz CT molecular complexity index is 439. The lowest BCUT2D eigenvalue weighted by Gasteiger charge is -2.37. The predicted molar refractivity (Wildman–Crippen MR) is 84.2 cm³/mol. The minimum atomic E-state index is -0.360. The lowest BCUT2D eigenvalue weighted by atomic mass is 10.3. The number of hydrogen-bond donors (Lipinski definition) is 0. The number of hydrogen-bond acceptors (Lipinski definition) is 6. The first-order chi connectivity index (χ1) is 10.3. The van der Waals surface area contributed by atoms with Gasteiger partial charge in [0.05, 0.1) is 0 Å². The standard InChI is InChI=1S/C16H26N2O4/c1-12(2)15(19)21-11-10-17-6-8-18(9-7-17)14(5)22-16(20)13(3)4/h14H,1,3,6-11H2,2,4-5H3. The molecule has 0 radical (unpaired) electrons. The molecule has 22 heavy (non-hydrogen) atoms. The van der Waals surface area contributed by atoms with Gasteiger partial charge < -0.3 is 9.47 Å². The molecule has 0 amide bonds. The largest absolute Gasteiger partial charge is 0.461 e. The Hall–Kier alpha value is -1.66. The molecule has 1 atom stereocenters. The summed E-state index contributed by atoms with van der Waals surface area (Å²) in [6.45, 7) is 16.6. The van der Waals surface area contributed by atoms with Crippen molar-refractivity contribution in [2.24, 2.45) is 0 Å². The molecule has 0 saturated carbocycles. The first-order valence-electron chi connectivity index (χ1n) is 7.46. The number of carbonyl (C=O) groups is 2. The summed E-state index contributed by atoms with van der Waals surface area (Å²) in [5.74, 6) is -0.708. The molecule has 0 aromatic rings. The van der Waals surface area contributed by atoms with Crippen molar-refractivity contribution in [3.63, 3.8) is 0 Å². The number of ether oxygens (including phenoxy) is 2. The molecule has 1 aliphatic rings. The number of nitrogens with zero attached hydrogens (tertiary/aromatic N) is 2. The van der Waals surface area contributed by atoms with Crippen LogP contribution in [-0.4, -0.2) is 67.3 Å². The summed E-state index contributed by atoms with van der Waals surface area (Å²) in [5.41, 5.74) is 0.822. The van der Waals surface area contributed by atoms with Crippen LogP contribution in [0.15, 0.2) is 24.3 Å². The zero-order chi connectivity index (χ0) is 16.7. The minimum Gasteiger partial charge on any atom is -0.461 e. The number of carbonyl (C=O) groups excluding carboxylic acids is 2. The van der Waals surface area contributed by atoms with Gasteiger partial charge in [-0.25, -0.2) is 9.59 Å². The maximum atomic E-state index is 11.5. The van der Waals surface area contributed by atoms with Gasteiger partial charge in [-0.2, -0.15) is 0 Å². The van der Waals surface area contributed by atoms with Crippen molar-refractivity contribution in [3.8, 4) is 0 Å². The van der Waals surface area contributed by atoms with Crippen molar-refractivity contribution in [1.29, 1.82) is 0 Å². The molecule has 1 rings (SSSR count). The highest BCUT2D eigenvalue weighted by Gasteiger charge is 2.23. The van der Waals surface area contributed by atoms with Crippen molar-refractivity contribution in [3.05, 3.63) is 24.3 Å². The molecule has 0 spiro atoms. The van der Waals surface area contributed by atoms with Crippen LogP contribution in [0.1, 0.15) is 20.8 Å². The fourth-order valence-corrected chi connectivity index (χ4v) is 2.07. The molecule has 0 aromatic carbocycles. The van der Waals surface area contributed by atoms with E-state index in [-0.39, 0.29) is 18.2 Å². The molecule has 0 aromatic heterocycles. The van der Waals surface area contributed by atoms with Crippen LogP contribution in [0, 0.1) is 0 Å². The quantitative estimate of drug-likeness (QED) is 0.520. The van der Waals surface area contributed by atoms with Crippen LogP contribution in [-0.2, 0) is 19.1 Å². The zero-order valence-electron chi connectivity index (χ0n) is 13.8. The number of piperazine rings is 1. The van der Waals surface area contributed by atoms with Gasteiger partial charge in [0.2, 0.25) is 0 Å². The third-order valence-corrected chi connectivity index (χ3v) is 3.54. The van der Waals surface area contributed by atoms with E-state index in [1.165, 1.54) is 0 Å². The second kappa shape index (κ2) is 8.70. The Labute approximate surface area is 132 Å². The normalized spacial score (nSPS) is 17.6. The van der Waals surface area contributed by atoms with Gasteiger partial charge in [0.1, 0.15) is 6.61 Å². The SMILES string of the molecule is C=C(C)C(=O)OCCN1CCN(C(C)OC(=O)C(=C)C)CC1. The topological polar surface area (TPSA) is 59.1 Å². The van der Waals surface area contributed by atoms with Gasteiger partial charge in [-0.3, -0.25) is 9.80 Å². The van der Waals surface area contributed by atoms with Gasteiger partial charge in [0.15, 0.2) is 6.23 Å². The highest BCUT2D eigenvalue weighted by Crippen LogP contribution is 2.09. The van der Waals surface area contributed by atoms with E-state index in [2.05, 4.69) is 23.0 Å². The van der Waals surface area contributed by atoms with Crippen molar-refractivity contribution < 1.29 is 19.1 Å². The summed E-state index contributed by atoms with van der Waals surface area (Å²) < 4.78 is 10.4. The Morgan fingerprint density at radius 2 is 1.59 bits per heavy atom. The van der Waals surface area contributed by atoms with E-state index in [4.69, 9.17) is 9.47 Å². The maximum absolute atomic E-state index is 11.5. The molecule has 1 saturated heterocycles. The molecular formula is C16H26N2O4. The second-order valence-electron chi connectivity index (χ2n) is 5.58. The van der Waals surface area contributed by atoms with Crippen molar-refractivity contribution >= 4 is 11.9 Å². The van der Waals surface area contributed by atoms with E-state index in [1.54, 1.807) is 13.8 Å². The molecule has 1 heterocycles. The summed E-state index contributed by atoms with van der Waals surface area (Å²) in [7, 11) is 0. The number of rotatable bonds is 7. The van der Waals surface area contributed by atoms with Crippen LogP contribution >= 0.6 is 0 Å². The first kappa shape index (κ1) is 18.4. The van der Waals surface area contributed by atoms with Gasteiger partial charge in [-0.15, -0.1) is 0 Å². The Morgan fingerprint density at radius 1 is 1.05 bits per heavy atom. The molecule has 0 aliphatic carbocycles. The van der Waals surface area contributed by atoms with Gasteiger partial charge in [0.25, 0.3) is 0 Å². The van der Waals surface area contributed by atoms with Crippen LogP contribution < -0.4 is 0 Å². The molecule has 1 unspecified atom stereocenters. The highest BCUT2D eigenvalue weighted by molar-refractivity contribution is 5.87. The van der Waals surface area contributed by atoms with Crippen LogP contribution in [0.4, 0.5) is 0 Å². The van der Waals surface area contributed by atoms with Gasteiger partial charge >= 0.3 is 11.9 Å². The summed E-state index contributed by atoms with van der Waals surface area (Å²) >= 11 is 0. The fourth-order valence-electron chi connectivity index (χ4n) is 2.07. The summed E-state index contributed by atoms with van der Waals surface area (Å²) in [5, 5.41) is 0. The van der Waals surface area contributed by atoms with E-state index in [0.717, 1.165) is 26.2 Å². The molecule has 0 N–H and O–H groups in total. The zero-order valence-corrected chi connectivity index (χ0v) is 13.8. The maximum Gasteiger partial charge on any atom is 0.334 e. The van der Waals surface area contributed by atoms with Crippen LogP contribution in [0.5, 0.6) is 0 Å². The summed E-state index contributed by atoms with van der Waals surface area (Å²) in [6.07, 6.45) is -0.257. The van der Waals surface area contributed by atoms with Crippen molar-refractivity contribution in [2.45, 2.75) is 27.0 Å². The summed E-state index contributed by atoms with van der Waals surface area (Å²) in [4.78, 5) is 27.1. The van der Waals surface area contributed by atoms with E-state index >= 15 is 0 Å². The van der Waals surface area contributed by atoms with Gasteiger partial charge in [0, 0.05) is 43.9 Å². The molecule has 1 aliphatic heterocycles. The summed E-state index contributed by atoms with van der Waals surface area (Å²) in [6, 6.07) is 0. The van der Waals surface area contributed by atoms with Crippen LogP contribution in [0.3, 0.4) is 0 Å². The third kappa shape index (κ3) is 5.99. The monoisotopic (exact) mass is 310 g/mol. The second-order valence-corrected chi connectivity index (χ2v) is 5.58. The average Bonchev–Trinajstić information content (AvgIpc) is 2.47. The lowest BCUT2D eigenvalue weighted by molar-refractivity contribution is -0.154. The Balaban J connectivity index is 2.25. The molecule has 6 nitrogen and oxygen atoms in total. The molecule has 0 bridgehead atoms. The van der Waals surface area contributed by atoms with Gasteiger partial charge in [-0.1, -0.05) is 13.2 Å².